The topological polar surface area (TPSA) is 166 Å². The Kier molecular flexibility index (Phi) is 12.7. The molecule has 1 aromatic heterocycles. The Morgan fingerprint density at radius 1 is 1.08 bits per heavy atom. The van der Waals surface area contributed by atoms with Crippen molar-refractivity contribution in [2.45, 2.75) is 70.6 Å². The van der Waals surface area contributed by atoms with Gasteiger partial charge in [0.1, 0.15) is 17.4 Å². The normalized spacial score (nSPS) is 17.0. The molecule has 5 amide bonds. The monoisotopic (exact) mass is 729 g/mol. The highest BCUT2D eigenvalue weighted by Crippen LogP contribution is 2.40. The number of hydrogen-bond donors (Lipinski definition) is 6. The first kappa shape index (κ1) is 39.4. The minimum atomic E-state index is -4.65. The molecule has 0 saturated heterocycles. The van der Waals surface area contributed by atoms with Gasteiger partial charge in [-0.3, -0.25) is 24.7 Å². The number of fused-ring (bicyclic) bond motifs is 3. The summed E-state index contributed by atoms with van der Waals surface area (Å²) in [5.74, 6) is -3.24. The van der Waals surface area contributed by atoms with Crippen molar-refractivity contribution < 1.29 is 41.5 Å². The van der Waals surface area contributed by atoms with E-state index in [1.54, 1.807) is 19.9 Å². The second-order valence-corrected chi connectivity index (χ2v) is 12.6. The van der Waals surface area contributed by atoms with Crippen molar-refractivity contribution in [3.63, 3.8) is 0 Å². The van der Waals surface area contributed by atoms with Crippen LogP contribution in [0.15, 0.2) is 59.9 Å². The molecule has 0 saturated carbocycles. The Hall–Kier alpha value is -5.41. The Bertz CT molecular complexity index is 1860. The number of ether oxygens (including phenoxy) is 1. The van der Waals surface area contributed by atoms with Crippen LogP contribution in [0.3, 0.4) is 0 Å². The summed E-state index contributed by atoms with van der Waals surface area (Å²) >= 11 is 0. The standard InChI is InChI=1S/C36H43F4N7O5/c1-6-20(3)30(46-28(48)17-22-11-8-9-14-26(22)37)32(49)47-35(33(50)43-19-29(41-5)52-21(4)44-34(51)42-7-2)16-15-27-24(18-35)23-12-10-13-25(31(23)45-27)36(38,39)40/h8-14,20,30,45H,4,6-7,15-19H2,1-3,5H3,(H,43,50)(H,46,48)(H,47,49)(H2,42,44,51)/t20?,30?,35-/m0/s1. The van der Waals surface area contributed by atoms with E-state index in [0.29, 0.717) is 24.2 Å². The van der Waals surface area contributed by atoms with Gasteiger partial charge in [0.2, 0.25) is 23.6 Å². The largest absolute Gasteiger partial charge is 0.426 e. The third kappa shape index (κ3) is 9.27. The van der Waals surface area contributed by atoms with Gasteiger partial charge in [-0.1, -0.05) is 50.6 Å². The average molecular weight is 730 g/mol. The van der Waals surface area contributed by atoms with E-state index in [2.05, 4.69) is 43.1 Å². The molecule has 1 aliphatic carbocycles. The lowest BCUT2D eigenvalue weighted by molar-refractivity contribution is -0.137. The van der Waals surface area contributed by atoms with Gasteiger partial charge < -0.3 is 31.0 Å². The average Bonchev–Trinajstić information content (AvgIpc) is 3.46. The fourth-order valence-electron chi connectivity index (χ4n) is 6.10. The van der Waals surface area contributed by atoms with E-state index in [9.17, 15) is 36.7 Å². The van der Waals surface area contributed by atoms with E-state index in [4.69, 9.17) is 4.74 Å². The van der Waals surface area contributed by atoms with Crippen LogP contribution < -0.4 is 26.6 Å². The van der Waals surface area contributed by atoms with Crippen molar-refractivity contribution in [2.24, 2.45) is 10.9 Å². The molecule has 2 aromatic carbocycles. The minimum absolute atomic E-state index is 0.0208. The predicted molar refractivity (Wildman–Crippen MR) is 186 cm³/mol. The maximum Gasteiger partial charge on any atom is 0.418 e. The zero-order valence-electron chi connectivity index (χ0n) is 29.4. The van der Waals surface area contributed by atoms with E-state index < -0.39 is 58.8 Å². The number of halogens is 4. The van der Waals surface area contributed by atoms with Crippen LogP contribution in [0.25, 0.3) is 10.9 Å². The first-order valence-electron chi connectivity index (χ1n) is 16.8. The van der Waals surface area contributed by atoms with E-state index in [-0.39, 0.29) is 60.5 Å². The van der Waals surface area contributed by atoms with Crippen molar-refractivity contribution in [3.8, 4) is 0 Å². The molecule has 12 nitrogen and oxygen atoms in total. The third-order valence-electron chi connectivity index (χ3n) is 9.01. The number of carbonyl (C=O) groups excluding carboxylic acids is 4. The Morgan fingerprint density at radius 2 is 1.81 bits per heavy atom. The molecule has 6 N–H and O–H groups in total. The SMILES string of the molecule is C=C(NC(=O)NCC)OC(CNC(=O)[C@]1(NC(=O)C(NC(=O)Cc2ccccc2F)C(C)CC)CCc2[nH]c3c(C(F)(F)F)cccc3c2C1)=NC. The van der Waals surface area contributed by atoms with Crippen LogP contribution in [0.1, 0.15) is 56.0 Å². The number of nitrogens with zero attached hydrogens (tertiary/aromatic N) is 1. The summed E-state index contributed by atoms with van der Waals surface area (Å²) in [5.41, 5.74) is -1.65. The molecule has 0 spiro atoms. The number of alkyl halides is 3. The van der Waals surface area contributed by atoms with Crippen molar-refractivity contribution in [3.05, 3.63) is 83.1 Å². The molecule has 0 aliphatic heterocycles. The fourth-order valence-corrected chi connectivity index (χ4v) is 6.10. The molecule has 280 valence electrons. The van der Waals surface area contributed by atoms with E-state index in [1.165, 1.54) is 37.4 Å². The number of hydrogen-bond acceptors (Lipinski definition) is 6. The summed E-state index contributed by atoms with van der Waals surface area (Å²) in [6, 6.07) is 7.80. The zero-order valence-corrected chi connectivity index (χ0v) is 29.4. The van der Waals surface area contributed by atoms with Crippen LogP contribution in [-0.4, -0.2) is 66.4 Å². The number of aryl methyl sites for hydroxylation is 1. The number of aromatic nitrogens is 1. The lowest BCUT2D eigenvalue weighted by Crippen LogP contribution is -2.65. The fraction of sp³-hybridized carbons (Fsp3) is 0.417. The molecule has 52 heavy (non-hydrogen) atoms. The third-order valence-corrected chi connectivity index (χ3v) is 9.01. The molecule has 0 fully saturated rings. The van der Waals surface area contributed by atoms with Gasteiger partial charge in [-0.05, 0) is 55.5 Å². The highest BCUT2D eigenvalue weighted by molar-refractivity contribution is 5.98. The van der Waals surface area contributed by atoms with E-state index in [0.717, 1.165) is 6.07 Å². The molecule has 1 heterocycles. The Labute approximate surface area is 298 Å². The molecule has 2 unspecified atom stereocenters. The second kappa shape index (κ2) is 16.7. The van der Waals surface area contributed by atoms with Gasteiger partial charge in [-0.25, -0.2) is 9.18 Å². The van der Waals surface area contributed by atoms with Gasteiger partial charge in [0.25, 0.3) is 0 Å². The van der Waals surface area contributed by atoms with Crippen LogP contribution in [0.5, 0.6) is 0 Å². The molecule has 1 aliphatic rings. The lowest BCUT2D eigenvalue weighted by atomic mass is 9.78. The summed E-state index contributed by atoms with van der Waals surface area (Å²) < 4.78 is 61.7. The van der Waals surface area contributed by atoms with E-state index >= 15 is 0 Å². The van der Waals surface area contributed by atoms with Crippen LogP contribution in [0.4, 0.5) is 22.4 Å². The van der Waals surface area contributed by atoms with Crippen LogP contribution in [0, 0.1) is 11.7 Å². The molecule has 3 aromatic rings. The quantitative estimate of drug-likeness (QED) is 0.0664. The molecule has 0 radical (unpaired) electrons. The molecular formula is C36H43F4N7O5. The van der Waals surface area contributed by atoms with Gasteiger partial charge in [0.05, 0.1) is 24.0 Å². The Morgan fingerprint density at radius 3 is 2.46 bits per heavy atom. The number of rotatable bonds is 13. The molecule has 4 rings (SSSR count). The number of H-pyrrole nitrogens is 1. The van der Waals surface area contributed by atoms with Gasteiger partial charge in [-0.2, -0.15) is 13.2 Å². The molecular weight excluding hydrogens is 686 g/mol. The number of amides is 5. The first-order valence-corrected chi connectivity index (χ1v) is 16.8. The van der Waals surface area contributed by atoms with Crippen LogP contribution in [-0.2, 0) is 44.6 Å². The molecule has 3 atom stereocenters. The van der Waals surface area contributed by atoms with Crippen molar-refractivity contribution in [2.75, 3.05) is 20.1 Å². The van der Waals surface area contributed by atoms with Crippen LogP contribution in [0.2, 0.25) is 0 Å². The number of carbonyl (C=O) groups is 4. The van der Waals surface area contributed by atoms with Crippen molar-refractivity contribution in [1.82, 2.24) is 31.6 Å². The summed E-state index contributed by atoms with van der Waals surface area (Å²) in [6.07, 6.45) is -4.65. The summed E-state index contributed by atoms with van der Waals surface area (Å²) in [4.78, 5) is 60.2. The van der Waals surface area contributed by atoms with Crippen molar-refractivity contribution in [1.29, 1.82) is 0 Å². The number of para-hydroxylation sites is 1. The van der Waals surface area contributed by atoms with Crippen molar-refractivity contribution >= 4 is 40.6 Å². The minimum Gasteiger partial charge on any atom is -0.426 e. The summed E-state index contributed by atoms with van der Waals surface area (Å²) in [7, 11) is 1.39. The second-order valence-electron chi connectivity index (χ2n) is 12.6. The van der Waals surface area contributed by atoms with Crippen LogP contribution >= 0.6 is 0 Å². The number of nitrogens with one attached hydrogen (secondary N) is 6. The van der Waals surface area contributed by atoms with Gasteiger partial charge in [-0.15, -0.1) is 0 Å². The molecule has 0 bridgehead atoms. The van der Waals surface area contributed by atoms with Gasteiger partial charge in [0, 0.05) is 31.1 Å². The zero-order chi connectivity index (χ0) is 38.2. The highest BCUT2D eigenvalue weighted by atomic mass is 19.4. The summed E-state index contributed by atoms with van der Waals surface area (Å²) in [5, 5.41) is 13.4. The van der Waals surface area contributed by atoms with Gasteiger partial charge in [0.15, 0.2) is 5.88 Å². The highest BCUT2D eigenvalue weighted by Gasteiger charge is 2.46. The maximum atomic E-state index is 14.3. The maximum absolute atomic E-state index is 14.3. The summed E-state index contributed by atoms with van der Waals surface area (Å²) in [6.45, 7) is 8.93. The number of aromatic amines is 1. The lowest BCUT2D eigenvalue weighted by Gasteiger charge is -2.38. The predicted octanol–water partition coefficient (Wildman–Crippen LogP) is 4.39. The number of aliphatic imine (C=N–C) groups is 1. The van der Waals surface area contributed by atoms with Gasteiger partial charge >= 0.3 is 12.2 Å². The number of urea groups is 1. The Balaban J connectivity index is 1.65. The van der Waals surface area contributed by atoms with E-state index in [1.807, 2.05) is 6.92 Å². The number of benzene rings is 2. The smallest absolute Gasteiger partial charge is 0.418 e. The first-order chi connectivity index (χ1) is 24.6. The molecule has 16 heteroatoms.